The van der Waals surface area contributed by atoms with Gasteiger partial charge in [-0.1, -0.05) is 13.3 Å². The van der Waals surface area contributed by atoms with E-state index in [0.29, 0.717) is 18.9 Å². The molecule has 0 spiro atoms. The zero-order valence-corrected chi connectivity index (χ0v) is 11.6. The monoisotopic (exact) mass is 261 g/mol. The predicted octanol–water partition coefficient (Wildman–Crippen LogP) is 2.48. The SMILES string of the molecule is CCCC(C(=O)OCC)c1nnc2cc(C)ccn12. The summed E-state index contributed by atoms with van der Waals surface area (Å²) < 4.78 is 7.00. The van der Waals surface area contributed by atoms with Crippen LogP contribution in [-0.2, 0) is 9.53 Å². The van der Waals surface area contributed by atoms with Crippen LogP contribution in [0, 0.1) is 6.92 Å². The molecule has 0 aliphatic heterocycles. The van der Waals surface area contributed by atoms with Crippen LogP contribution in [0.15, 0.2) is 18.3 Å². The lowest BCUT2D eigenvalue weighted by Crippen LogP contribution is -2.18. The first-order valence-electron chi connectivity index (χ1n) is 6.65. The number of pyridine rings is 1. The van der Waals surface area contributed by atoms with E-state index in [1.165, 1.54) is 0 Å². The summed E-state index contributed by atoms with van der Waals surface area (Å²) in [7, 11) is 0. The van der Waals surface area contributed by atoms with Crippen molar-refractivity contribution >= 4 is 11.6 Å². The minimum atomic E-state index is -0.345. The fourth-order valence-electron chi connectivity index (χ4n) is 2.13. The molecule has 0 N–H and O–H groups in total. The largest absolute Gasteiger partial charge is 0.465 e. The number of hydrogen-bond donors (Lipinski definition) is 0. The Morgan fingerprint density at radius 3 is 2.89 bits per heavy atom. The van der Waals surface area contributed by atoms with Crippen molar-refractivity contribution in [3.8, 4) is 0 Å². The molecule has 2 rings (SSSR count). The van der Waals surface area contributed by atoms with E-state index in [1.54, 1.807) is 0 Å². The number of aromatic nitrogens is 3. The molecule has 2 aromatic rings. The Labute approximate surface area is 112 Å². The standard InChI is InChI=1S/C14H19N3O2/c1-4-6-11(14(18)19-5-2)13-16-15-12-9-10(3)7-8-17(12)13/h7-9,11H,4-6H2,1-3H3. The summed E-state index contributed by atoms with van der Waals surface area (Å²) in [5.41, 5.74) is 1.88. The van der Waals surface area contributed by atoms with E-state index < -0.39 is 0 Å². The van der Waals surface area contributed by atoms with Crippen LogP contribution >= 0.6 is 0 Å². The van der Waals surface area contributed by atoms with Crippen LogP contribution in [0.2, 0.25) is 0 Å². The molecule has 2 aromatic heterocycles. The van der Waals surface area contributed by atoms with Gasteiger partial charge in [0.15, 0.2) is 11.5 Å². The first-order valence-corrected chi connectivity index (χ1v) is 6.65. The summed E-state index contributed by atoms with van der Waals surface area (Å²) in [6.45, 7) is 6.24. The van der Waals surface area contributed by atoms with Crippen molar-refractivity contribution in [2.45, 2.75) is 39.5 Å². The van der Waals surface area contributed by atoms with Gasteiger partial charge in [0.2, 0.25) is 0 Å². The van der Waals surface area contributed by atoms with E-state index in [-0.39, 0.29) is 11.9 Å². The van der Waals surface area contributed by atoms with Crippen LogP contribution in [0.1, 0.15) is 44.0 Å². The first-order chi connectivity index (χ1) is 9.17. The van der Waals surface area contributed by atoms with E-state index >= 15 is 0 Å². The Morgan fingerprint density at radius 1 is 1.42 bits per heavy atom. The fraction of sp³-hybridized carbons (Fsp3) is 0.500. The Hall–Kier alpha value is -1.91. The van der Waals surface area contributed by atoms with Gasteiger partial charge in [0.25, 0.3) is 0 Å². The molecule has 0 fully saturated rings. The van der Waals surface area contributed by atoms with Crippen molar-refractivity contribution in [2.24, 2.45) is 0 Å². The highest BCUT2D eigenvalue weighted by Crippen LogP contribution is 2.22. The maximum atomic E-state index is 12.0. The Bertz CT molecular complexity index is 577. The third-order valence-corrected chi connectivity index (χ3v) is 3.05. The molecule has 1 atom stereocenters. The molecule has 0 saturated carbocycles. The second-order valence-electron chi connectivity index (χ2n) is 4.58. The summed E-state index contributed by atoms with van der Waals surface area (Å²) in [6, 6.07) is 3.93. The van der Waals surface area contributed by atoms with Gasteiger partial charge in [0.05, 0.1) is 6.61 Å². The lowest BCUT2D eigenvalue weighted by Gasteiger charge is -2.13. The Morgan fingerprint density at radius 2 is 2.21 bits per heavy atom. The number of nitrogens with zero attached hydrogens (tertiary/aromatic N) is 3. The Kier molecular flexibility index (Phi) is 4.14. The smallest absolute Gasteiger partial charge is 0.316 e. The number of ether oxygens (including phenoxy) is 1. The summed E-state index contributed by atoms with van der Waals surface area (Å²) in [5, 5.41) is 8.30. The third-order valence-electron chi connectivity index (χ3n) is 3.05. The third kappa shape index (κ3) is 2.75. The van der Waals surface area contributed by atoms with Crippen molar-refractivity contribution < 1.29 is 9.53 Å². The highest BCUT2D eigenvalue weighted by Gasteiger charge is 2.26. The maximum Gasteiger partial charge on any atom is 0.316 e. The normalized spacial score (nSPS) is 12.6. The minimum absolute atomic E-state index is 0.223. The van der Waals surface area contributed by atoms with Gasteiger partial charge in [-0.25, -0.2) is 0 Å². The van der Waals surface area contributed by atoms with Gasteiger partial charge in [0, 0.05) is 6.20 Å². The van der Waals surface area contributed by atoms with Gasteiger partial charge in [-0.3, -0.25) is 9.20 Å². The van der Waals surface area contributed by atoms with E-state index in [2.05, 4.69) is 10.2 Å². The van der Waals surface area contributed by atoms with Gasteiger partial charge >= 0.3 is 5.97 Å². The van der Waals surface area contributed by atoms with Crippen LogP contribution in [0.25, 0.3) is 5.65 Å². The van der Waals surface area contributed by atoms with Crippen molar-refractivity contribution in [3.05, 3.63) is 29.7 Å². The van der Waals surface area contributed by atoms with Crippen LogP contribution in [0.5, 0.6) is 0 Å². The number of carbonyl (C=O) groups is 1. The molecule has 5 nitrogen and oxygen atoms in total. The molecule has 0 radical (unpaired) electrons. The van der Waals surface area contributed by atoms with Crippen molar-refractivity contribution in [3.63, 3.8) is 0 Å². The quantitative estimate of drug-likeness (QED) is 0.776. The lowest BCUT2D eigenvalue weighted by atomic mass is 10.0. The van der Waals surface area contributed by atoms with Gasteiger partial charge in [-0.05, 0) is 38.0 Å². The molecule has 19 heavy (non-hydrogen) atoms. The first kappa shape index (κ1) is 13.5. The van der Waals surface area contributed by atoms with Gasteiger partial charge < -0.3 is 4.74 Å². The van der Waals surface area contributed by atoms with Crippen LogP contribution in [-0.4, -0.2) is 27.2 Å². The fourth-order valence-corrected chi connectivity index (χ4v) is 2.13. The van der Waals surface area contributed by atoms with E-state index in [4.69, 9.17) is 4.74 Å². The second-order valence-corrected chi connectivity index (χ2v) is 4.58. The number of esters is 1. The minimum Gasteiger partial charge on any atom is -0.465 e. The number of fused-ring (bicyclic) bond motifs is 1. The summed E-state index contributed by atoms with van der Waals surface area (Å²) in [5.74, 6) is 0.0946. The van der Waals surface area contributed by atoms with Gasteiger partial charge in [-0.15, -0.1) is 10.2 Å². The second kappa shape index (κ2) is 5.82. The van der Waals surface area contributed by atoms with E-state index in [0.717, 1.165) is 17.6 Å². The zero-order chi connectivity index (χ0) is 13.8. The molecule has 0 aromatic carbocycles. The zero-order valence-electron chi connectivity index (χ0n) is 11.6. The van der Waals surface area contributed by atoms with E-state index in [1.807, 2.05) is 43.5 Å². The Balaban J connectivity index is 2.41. The molecule has 0 aliphatic carbocycles. The number of hydrogen-bond acceptors (Lipinski definition) is 4. The molecule has 2 heterocycles. The average molecular weight is 261 g/mol. The molecule has 102 valence electrons. The highest BCUT2D eigenvalue weighted by molar-refractivity contribution is 5.77. The number of carbonyl (C=O) groups excluding carboxylic acids is 1. The van der Waals surface area contributed by atoms with Crippen LogP contribution in [0.3, 0.4) is 0 Å². The molecule has 0 amide bonds. The molecule has 1 unspecified atom stereocenters. The molecule has 0 bridgehead atoms. The topological polar surface area (TPSA) is 56.5 Å². The van der Waals surface area contributed by atoms with Crippen molar-refractivity contribution in [1.29, 1.82) is 0 Å². The summed E-state index contributed by atoms with van der Waals surface area (Å²) in [4.78, 5) is 12.0. The van der Waals surface area contributed by atoms with Crippen LogP contribution in [0.4, 0.5) is 0 Å². The molecule has 0 aliphatic rings. The van der Waals surface area contributed by atoms with Gasteiger partial charge in [-0.2, -0.15) is 0 Å². The van der Waals surface area contributed by atoms with E-state index in [9.17, 15) is 4.79 Å². The average Bonchev–Trinajstić information content (AvgIpc) is 2.78. The number of aryl methyl sites for hydroxylation is 1. The van der Waals surface area contributed by atoms with Gasteiger partial charge in [0.1, 0.15) is 5.92 Å². The lowest BCUT2D eigenvalue weighted by molar-refractivity contribution is -0.145. The molecular formula is C14H19N3O2. The maximum absolute atomic E-state index is 12.0. The van der Waals surface area contributed by atoms with Crippen molar-refractivity contribution in [1.82, 2.24) is 14.6 Å². The summed E-state index contributed by atoms with van der Waals surface area (Å²) >= 11 is 0. The molecule has 0 saturated heterocycles. The predicted molar refractivity (Wildman–Crippen MR) is 72.0 cm³/mol. The molecular weight excluding hydrogens is 242 g/mol. The van der Waals surface area contributed by atoms with Crippen molar-refractivity contribution in [2.75, 3.05) is 6.61 Å². The number of rotatable bonds is 5. The molecule has 5 heteroatoms. The highest BCUT2D eigenvalue weighted by atomic mass is 16.5. The van der Waals surface area contributed by atoms with Crippen LogP contribution < -0.4 is 0 Å². The summed E-state index contributed by atoms with van der Waals surface area (Å²) in [6.07, 6.45) is 3.51.